The fourth-order valence-corrected chi connectivity index (χ4v) is 14.7. The Balaban J connectivity index is 0.000000269. The van der Waals surface area contributed by atoms with Crippen LogP contribution in [0.4, 0.5) is 0 Å². The van der Waals surface area contributed by atoms with Crippen LogP contribution in [0.15, 0.2) is 102 Å². The second-order valence-electron chi connectivity index (χ2n) is 21.9. The van der Waals surface area contributed by atoms with Crippen LogP contribution in [-0.4, -0.2) is 21.3 Å². The van der Waals surface area contributed by atoms with E-state index in [-0.39, 0.29) is 7.12 Å². The minimum Gasteiger partial charge on any atom is -0.410 e. The van der Waals surface area contributed by atoms with Gasteiger partial charge in [0, 0.05) is 57.6 Å². The molecule has 78 heavy (non-hydrogen) atoms. The van der Waals surface area contributed by atoms with Crippen LogP contribution in [0.3, 0.4) is 0 Å². The molecule has 6 aromatic rings. The summed E-state index contributed by atoms with van der Waals surface area (Å²) in [6.07, 6.45) is 49.5. The third-order valence-corrected chi connectivity index (χ3v) is 20.3. The van der Waals surface area contributed by atoms with Gasteiger partial charge >= 0.3 is 7.12 Å². The first-order valence-electron chi connectivity index (χ1n) is 31.7. The highest BCUT2D eigenvalue weighted by molar-refractivity contribution is 9.10. The van der Waals surface area contributed by atoms with Crippen molar-refractivity contribution >= 4 is 73.2 Å². The molecule has 0 atom stereocenters. The van der Waals surface area contributed by atoms with Crippen molar-refractivity contribution in [2.45, 2.75) is 259 Å². The third-order valence-electron chi connectivity index (χ3n) is 15.0. The van der Waals surface area contributed by atoms with Gasteiger partial charge in [-0.25, -0.2) is 0 Å². The van der Waals surface area contributed by atoms with E-state index in [1.807, 2.05) is 45.3 Å². The van der Waals surface area contributed by atoms with E-state index in [2.05, 4.69) is 141 Å². The molecule has 6 rings (SSSR count). The van der Waals surface area contributed by atoms with E-state index in [9.17, 15) is 0 Å². The molecule has 0 aliphatic carbocycles. The van der Waals surface area contributed by atoms with Gasteiger partial charge in [0.05, 0.1) is 0 Å². The number of thiophene rings is 4. The first-order valence-corrected chi connectivity index (χ1v) is 35.7. The second kappa shape index (κ2) is 45.2. The molecule has 0 N–H and O–H groups in total. The SMILES string of the molecule is CCCCCCCCCCCCc1ccc(-c2ccc(-c3ccc(CCCCCCCC)s3)cc2)s1.CCCCCCCCCCCCc1ccc(B(OC)OC)s1.CCCCCCCCc1ccc(-c2ccc(Br)cc2)s1. The van der Waals surface area contributed by atoms with Gasteiger partial charge in [-0.15, -0.1) is 45.3 Å². The smallest absolute Gasteiger partial charge is 0.410 e. The summed E-state index contributed by atoms with van der Waals surface area (Å²) < 4.78 is 12.9. The van der Waals surface area contributed by atoms with Gasteiger partial charge in [0.1, 0.15) is 0 Å². The fourth-order valence-electron chi connectivity index (χ4n) is 10.1. The highest BCUT2D eigenvalue weighted by Gasteiger charge is 2.20. The number of unbranched alkanes of at least 4 members (excludes halogenated alkanes) is 28. The van der Waals surface area contributed by atoms with E-state index in [0.29, 0.717) is 0 Å². The first kappa shape index (κ1) is 68.2. The number of halogens is 1. The Bertz CT molecular complexity index is 2280. The molecule has 0 radical (unpaired) electrons. The summed E-state index contributed by atoms with van der Waals surface area (Å²) in [6.45, 7) is 9.14. The average molecular weight is 1200 g/mol. The Kier molecular flexibility index (Phi) is 39.6. The molecule has 0 amide bonds. The van der Waals surface area contributed by atoms with E-state index >= 15 is 0 Å². The lowest BCUT2D eigenvalue weighted by Gasteiger charge is -2.04. The Hall–Kier alpha value is -2.30. The molecule has 0 bridgehead atoms. The van der Waals surface area contributed by atoms with Crippen molar-refractivity contribution in [3.63, 3.8) is 0 Å². The van der Waals surface area contributed by atoms with Crippen LogP contribution >= 0.6 is 61.3 Å². The second-order valence-corrected chi connectivity index (χ2v) is 27.5. The van der Waals surface area contributed by atoms with Gasteiger partial charge in [0.2, 0.25) is 0 Å². The molecule has 4 aromatic heterocycles. The van der Waals surface area contributed by atoms with Crippen molar-refractivity contribution in [2.24, 2.45) is 0 Å². The lowest BCUT2D eigenvalue weighted by Crippen LogP contribution is -2.32. The first-order chi connectivity index (χ1) is 38.4. The molecule has 0 unspecified atom stereocenters. The summed E-state index contributed by atoms with van der Waals surface area (Å²) in [6, 6.07) is 36.1. The minimum atomic E-state index is -0.202. The van der Waals surface area contributed by atoms with Crippen LogP contribution in [0.25, 0.3) is 31.3 Å². The van der Waals surface area contributed by atoms with E-state index in [0.717, 1.165) is 4.47 Å². The zero-order valence-electron chi connectivity index (χ0n) is 50.1. The Morgan fingerprint density at radius 2 is 0.538 bits per heavy atom. The molecule has 2 aromatic carbocycles. The summed E-state index contributed by atoms with van der Waals surface area (Å²) in [5, 5.41) is 0. The molecule has 2 nitrogen and oxygen atoms in total. The van der Waals surface area contributed by atoms with Crippen molar-refractivity contribution in [1.29, 1.82) is 0 Å². The Morgan fingerprint density at radius 3 is 0.821 bits per heavy atom. The van der Waals surface area contributed by atoms with Gasteiger partial charge in [-0.2, -0.15) is 0 Å². The van der Waals surface area contributed by atoms with Crippen LogP contribution < -0.4 is 4.78 Å². The molecular formula is C70H106BBrO2S4. The molecule has 0 spiro atoms. The summed E-state index contributed by atoms with van der Waals surface area (Å²) in [5.74, 6) is 0. The van der Waals surface area contributed by atoms with Crippen molar-refractivity contribution in [1.82, 2.24) is 0 Å². The van der Waals surface area contributed by atoms with Crippen molar-refractivity contribution in [3.05, 3.63) is 121 Å². The minimum absolute atomic E-state index is 0.202. The van der Waals surface area contributed by atoms with Crippen molar-refractivity contribution in [3.8, 4) is 31.3 Å². The van der Waals surface area contributed by atoms with Gasteiger partial charge < -0.3 is 9.31 Å². The lowest BCUT2D eigenvalue weighted by molar-refractivity contribution is 0.292. The maximum Gasteiger partial charge on any atom is 0.504 e. The van der Waals surface area contributed by atoms with Crippen molar-refractivity contribution < 1.29 is 9.31 Å². The molecule has 432 valence electrons. The van der Waals surface area contributed by atoms with E-state index < -0.39 is 0 Å². The summed E-state index contributed by atoms with van der Waals surface area (Å²) in [4.78, 5) is 10.3. The van der Waals surface area contributed by atoms with Crippen LogP contribution in [0, 0.1) is 0 Å². The molecule has 8 heteroatoms. The number of aryl methyl sites for hydroxylation is 4. The topological polar surface area (TPSA) is 18.5 Å². The summed E-state index contributed by atoms with van der Waals surface area (Å²) in [5.41, 5.74) is 4.05. The standard InChI is InChI=1S/C34H50S2.C18H33BO2S.C18H23BrS/c1-3-5-7-9-11-12-13-14-16-18-20-32-26-28-34(36-32)30-23-21-29(22-24-30)33-27-25-31(35-33)19-17-15-10-8-6-4-2;1-4-5-6-7-8-9-10-11-12-13-14-17-15-16-18(22-17)19(20-2)21-3;1-2-3-4-5-6-7-8-17-13-14-18(20-17)15-9-11-16(19)12-10-15/h21-28H,3-20H2,1-2H3;15-16H,4-14H2,1-3H3;9-14H,2-8H2,1H3. The summed E-state index contributed by atoms with van der Waals surface area (Å²) in [7, 11) is 3.18. The zero-order valence-corrected chi connectivity index (χ0v) is 55.0. The summed E-state index contributed by atoms with van der Waals surface area (Å²) >= 11 is 11.2. The number of hydrogen-bond donors (Lipinski definition) is 0. The van der Waals surface area contributed by atoms with Gasteiger partial charge in [-0.1, -0.05) is 266 Å². The van der Waals surface area contributed by atoms with Crippen LogP contribution in [0.5, 0.6) is 0 Å². The van der Waals surface area contributed by atoms with E-state index in [1.165, 1.54) is 277 Å². The van der Waals surface area contributed by atoms with Gasteiger partial charge in [0.15, 0.2) is 0 Å². The zero-order chi connectivity index (χ0) is 55.5. The number of rotatable bonds is 42. The predicted molar refractivity (Wildman–Crippen MR) is 360 cm³/mol. The van der Waals surface area contributed by atoms with E-state index in [4.69, 9.17) is 9.31 Å². The van der Waals surface area contributed by atoms with Gasteiger partial charge in [-0.05, 0) is 123 Å². The third kappa shape index (κ3) is 30.1. The van der Waals surface area contributed by atoms with E-state index in [1.54, 1.807) is 24.0 Å². The molecule has 0 aliphatic heterocycles. The van der Waals surface area contributed by atoms with Gasteiger partial charge in [0.25, 0.3) is 0 Å². The molecule has 4 heterocycles. The van der Waals surface area contributed by atoms with Crippen LogP contribution in [0.2, 0.25) is 0 Å². The average Bonchev–Trinajstić information content (AvgIpc) is 4.33. The quantitative estimate of drug-likeness (QED) is 0.0281. The molecule has 0 fully saturated rings. The van der Waals surface area contributed by atoms with Crippen LogP contribution in [0.1, 0.15) is 253 Å². The Morgan fingerprint density at radius 1 is 0.295 bits per heavy atom. The van der Waals surface area contributed by atoms with Crippen LogP contribution in [-0.2, 0) is 35.0 Å². The maximum atomic E-state index is 5.29. The normalized spacial score (nSPS) is 11.2. The highest BCUT2D eigenvalue weighted by atomic mass is 79.9. The molecule has 0 aliphatic rings. The van der Waals surface area contributed by atoms with Gasteiger partial charge in [-0.3, -0.25) is 0 Å². The molecular weight excluding hydrogens is 1090 g/mol. The number of hydrogen-bond acceptors (Lipinski definition) is 6. The largest absolute Gasteiger partial charge is 0.504 e. The fraction of sp³-hybridized carbons (Fsp3) is 0.600. The van der Waals surface area contributed by atoms with Crippen molar-refractivity contribution in [2.75, 3.05) is 14.2 Å². The number of benzene rings is 2. The maximum absolute atomic E-state index is 5.29. The monoisotopic (exact) mass is 1200 g/mol. The Labute approximate surface area is 504 Å². The molecule has 0 saturated heterocycles. The highest BCUT2D eigenvalue weighted by Crippen LogP contribution is 2.34. The lowest BCUT2D eigenvalue weighted by atomic mass is 9.88. The molecule has 0 saturated carbocycles. The predicted octanol–water partition coefficient (Wildman–Crippen LogP) is 24.8.